The molecule has 1 N–H and O–H groups in total. The van der Waals surface area contributed by atoms with Gasteiger partial charge in [-0.3, -0.25) is 4.79 Å². The zero-order valence-electron chi connectivity index (χ0n) is 10.2. The summed E-state index contributed by atoms with van der Waals surface area (Å²) in [6, 6.07) is 4.52. The Morgan fingerprint density at radius 2 is 2.33 bits per heavy atom. The van der Waals surface area contributed by atoms with Gasteiger partial charge in [0.1, 0.15) is 5.82 Å². The van der Waals surface area contributed by atoms with Crippen LogP contribution in [0.15, 0.2) is 22.7 Å². The van der Waals surface area contributed by atoms with E-state index in [1.807, 2.05) is 6.92 Å². The van der Waals surface area contributed by atoms with Gasteiger partial charge in [0.15, 0.2) is 0 Å². The Labute approximate surface area is 114 Å². The van der Waals surface area contributed by atoms with Gasteiger partial charge in [0.25, 0.3) is 5.91 Å². The average Bonchev–Trinajstić information content (AvgIpc) is 2.82. The summed E-state index contributed by atoms with van der Waals surface area (Å²) in [7, 11) is 0. The molecule has 1 unspecified atom stereocenters. The molecule has 1 heterocycles. The SMILES string of the molecule is CCN(C(=O)c1cc(F)cc(Br)c1)C1CCNC1. The summed E-state index contributed by atoms with van der Waals surface area (Å²) < 4.78 is 13.9. The lowest BCUT2D eigenvalue weighted by atomic mass is 10.1. The Bertz CT molecular complexity index is 426. The lowest BCUT2D eigenvalue weighted by molar-refractivity contribution is 0.0703. The molecule has 5 heteroatoms. The molecule has 0 radical (unpaired) electrons. The van der Waals surface area contributed by atoms with E-state index in [0.717, 1.165) is 19.5 Å². The molecular weight excluding hydrogens is 299 g/mol. The fourth-order valence-corrected chi connectivity index (χ4v) is 2.78. The molecule has 1 aliphatic heterocycles. The zero-order chi connectivity index (χ0) is 13.1. The maximum Gasteiger partial charge on any atom is 0.254 e. The number of nitrogens with one attached hydrogen (secondary N) is 1. The largest absolute Gasteiger partial charge is 0.335 e. The van der Waals surface area contributed by atoms with Crippen molar-refractivity contribution in [3.05, 3.63) is 34.1 Å². The van der Waals surface area contributed by atoms with E-state index in [9.17, 15) is 9.18 Å². The lowest BCUT2D eigenvalue weighted by Gasteiger charge is -2.27. The third kappa shape index (κ3) is 2.90. The Morgan fingerprint density at radius 3 is 2.89 bits per heavy atom. The number of hydrogen-bond acceptors (Lipinski definition) is 2. The van der Waals surface area contributed by atoms with Crippen LogP contribution in [0.4, 0.5) is 4.39 Å². The molecule has 1 aromatic rings. The van der Waals surface area contributed by atoms with E-state index in [2.05, 4.69) is 21.2 Å². The van der Waals surface area contributed by atoms with Crippen molar-refractivity contribution in [1.82, 2.24) is 10.2 Å². The Kier molecular flexibility index (Phi) is 4.35. The minimum absolute atomic E-state index is 0.105. The minimum Gasteiger partial charge on any atom is -0.335 e. The summed E-state index contributed by atoms with van der Waals surface area (Å²) >= 11 is 3.21. The lowest BCUT2D eigenvalue weighted by Crippen LogP contribution is -2.41. The molecule has 1 aromatic carbocycles. The van der Waals surface area contributed by atoms with Crippen LogP contribution in [-0.2, 0) is 0 Å². The first-order valence-corrected chi connectivity index (χ1v) is 6.89. The summed E-state index contributed by atoms with van der Waals surface area (Å²) in [6.45, 7) is 4.33. The minimum atomic E-state index is -0.395. The predicted octanol–water partition coefficient (Wildman–Crippen LogP) is 2.41. The zero-order valence-corrected chi connectivity index (χ0v) is 11.8. The van der Waals surface area contributed by atoms with E-state index >= 15 is 0 Å². The number of carbonyl (C=O) groups excluding carboxylic acids is 1. The highest BCUT2D eigenvalue weighted by atomic mass is 79.9. The van der Waals surface area contributed by atoms with E-state index in [1.54, 1.807) is 11.0 Å². The highest BCUT2D eigenvalue weighted by molar-refractivity contribution is 9.10. The second-order valence-corrected chi connectivity index (χ2v) is 5.31. The Morgan fingerprint density at radius 1 is 1.56 bits per heavy atom. The molecule has 0 bridgehead atoms. The highest BCUT2D eigenvalue weighted by Gasteiger charge is 2.26. The van der Waals surface area contributed by atoms with Crippen LogP contribution in [0.25, 0.3) is 0 Å². The molecule has 2 rings (SSSR count). The van der Waals surface area contributed by atoms with Crippen LogP contribution in [0.5, 0.6) is 0 Å². The van der Waals surface area contributed by atoms with E-state index in [-0.39, 0.29) is 11.9 Å². The molecule has 1 aliphatic rings. The van der Waals surface area contributed by atoms with Crippen LogP contribution in [0.2, 0.25) is 0 Å². The molecule has 1 saturated heterocycles. The summed E-state index contributed by atoms with van der Waals surface area (Å²) in [5, 5.41) is 3.24. The van der Waals surface area contributed by atoms with Crippen LogP contribution in [0, 0.1) is 5.82 Å². The number of hydrogen-bond donors (Lipinski definition) is 1. The second-order valence-electron chi connectivity index (χ2n) is 4.40. The van der Waals surface area contributed by atoms with E-state index in [4.69, 9.17) is 0 Å². The molecule has 1 amide bonds. The van der Waals surface area contributed by atoms with E-state index in [1.165, 1.54) is 12.1 Å². The fraction of sp³-hybridized carbons (Fsp3) is 0.462. The summed E-state index contributed by atoms with van der Waals surface area (Å²) in [5.74, 6) is -0.500. The van der Waals surface area contributed by atoms with Gasteiger partial charge in [-0.2, -0.15) is 0 Å². The van der Waals surface area contributed by atoms with Crippen LogP contribution in [0.1, 0.15) is 23.7 Å². The van der Waals surface area contributed by atoms with Gasteiger partial charge in [-0.1, -0.05) is 15.9 Å². The summed E-state index contributed by atoms with van der Waals surface area (Å²) in [6.07, 6.45) is 0.954. The fourth-order valence-electron chi connectivity index (χ4n) is 2.32. The smallest absolute Gasteiger partial charge is 0.254 e. The van der Waals surface area contributed by atoms with Gasteiger partial charge in [-0.05, 0) is 38.1 Å². The first kappa shape index (κ1) is 13.5. The maximum atomic E-state index is 13.3. The van der Waals surface area contributed by atoms with Crippen LogP contribution in [-0.4, -0.2) is 36.5 Å². The van der Waals surface area contributed by atoms with Crippen molar-refractivity contribution in [2.75, 3.05) is 19.6 Å². The van der Waals surface area contributed by atoms with Crippen molar-refractivity contribution in [3.63, 3.8) is 0 Å². The number of nitrogens with zero attached hydrogens (tertiary/aromatic N) is 1. The van der Waals surface area contributed by atoms with Crippen molar-refractivity contribution in [2.24, 2.45) is 0 Å². The number of amides is 1. The third-order valence-corrected chi connectivity index (χ3v) is 3.64. The van der Waals surface area contributed by atoms with Crippen LogP contribution >= 0.6 is 15.9 Å². The predicted molar refractivity (Wildman–Crippen MR) is 72.1 cm³/mol. The van der Waals surface area contributed by atoms with Gasteiger partial charge in [0.05, 0.1) is 0 Å². The van der Waals surface area contributed by atoms with Crippen molar-refractivity contribution in [2.45, 2.75) is 19.4 Å². The summed E-state index contributed by atoms with van der Waals surface area (Å²) in [5.41, 5.74) is 0.399. The molecule has 98 valence electrons. The normalized spacial score (nSPS) is 18.9. The monoisotopic (exact) mass is 314 g/mol. The molecule has 1 atom stereocenters. The first-order chi connectivity index (χ1) is 8.61. The summed E-state index contributed by atoms with van der Waals surface area (Å²) in [4.78, 5) is 14.2. The van der Waals surface area contributed by atoms with Gasteiger partial charge in [-0.15, -0.1) is 0 Å². The first-order valence-electron chi connectivity index (χ1n) is 6.09. The van der Waals surface area contributed by atoms with Crippen LogP contribution in [0.3, 0.4) is 0 Å². The van der Waals surface area contributed by atoms with Gasteiger partial charge in [-0.25, -0.2) is 4.39 Å². The van der Waals surface area contributed by atoms with Gasteiger partial charge in [0, 0.05) is 29.2 Å². The standard InChI is InChI=1S/C13H16BrFN2O/c1-2-17(12-3-4-16-8-12)13(18)9-5-10(14)7-11(15)6-9/h5-7,12,16H,2-4,8H2,1H3. The number of carbonyl (C=O) groups is 1. The number of benzene rings is 1. The van der Waals surface area contributed by atoms with Gasteiger partial charge >= 0.3 is 0 Å². The maximum absolute atomic E-state index is 13.3. The number of rotatable bonds is 3. The molecule has 0 aliphatic carbocycles. The number of likely N-dealkylation sites (N-methyl/N-ethyl adjacent to an activating group) is 1. The highest BCUT2D eigenvalue weighted by Crippen LogP contribution is 2.18. The molecule has 3 nitrogen and oxygen atoms in total. The van der Waals surface area contributed by atoms with Crippen molar-refractivity contribution in [3.8, 4) is 0 Å². The Balaban J connectivity index is 2.22. The van der Waals surface area contributed by atoms with E-state index < -0.39 is 5.82 Å². The Hall–Kier alpha value is -0.940. The molecule has 1 fully saturated rings. The average molecular weight is 315 g/mol. The molecule has 0 aromatic heterocycles. The van der Waals surface area contributed by atoms with Crippen LogP contribution < -0.4 is 5.32 Å². The third-order valence-electron chi connectivity index (χ3n) is 3.19. The van der Waals surface area contributed by atoms with Crippen molar-refractivity contribution < 1.29 is 9.18 Å². The molecule has 18 heavy (non-hydrogen) atoms. The topological polar surface area (TPSA) is 32.3 Å². The number of halogens is 2. The quantitative estimate of drug-likeness (QED) is 0.929. The van der Waals surface area contributed by atoms with Gasteiger partial charge < -0.3 is 10.2 Å². The van der Waals surface area contributed by atoms with Gasteiger partial charge in [0.2, 0.25) is 0 Å². The second kappa shape index (κ2) is 5.80. The van der Waals surface area contributed by atoms with Crippen molar-refractivity contribution >= 4 is 21.8 Å². The molecule has 0 spiro atoms. The molecular formula is C13H16BrFN2O. The van der Waals surface area contributed by atoms with E-state index in [0.29, 0.717) is 16.6 Å². The molecule has 0 saturated carbocycles. The van der Waals surface area contributed by atoms with Crippen molar-refractivity contribution in [1.29, 1.82) is 0 Å².